The van der Waals surface area contributed by atoms with E-state index in [2.05, 4.69) is 0 Å². The number of hydrogen-bond donors (Lipinski definition) is 0. The molecule has 1 unspecified atom stereocenters. The molecular weight excluding hydrogens is 289 g/mol. The molecule has 0 aliphatic heterocycles. The van der Waals surface area contributed by atoms with Crippen molar-refractivity contribution in [2.45, 2.75) is 19.2 Å². The highest BCUT2D eigenvalue weighted by molar-refractivity contribution is 6.31. The van der Waals surface area contributed by atoms with Crippen LogP contribution in [0.15, 0.2) is 30.3 Å². The van der Waals surface area contributed by atoms with E-state index < -0.39 is 17.0 Å². The van der Waals surface area contributed by atoms with Gasteiger partial charge in [-0.15, -0.1) is 11.6 Å². The van der Waals surface area contributed by atoms with Crippen LogP contribution in [0.2, 0.25) is 5.02 Å². The molecule has 0 saturated carbocycles. The van der Waals surface area contributed by atoms with Crippen molar-refractivity contribution in [3.63, 3.8) is 0 Å². The van der Waals surface area contributed by atoms with Crippen molar-refractivity contribution < 1.29 is 8.78 Å². The van der Waals surface area contributed by atoms with Gasteiger partial charge in [0.1, 0.15) is 11.6 Å². The summed E-state index contributed by atoms with van der Waals surface area (Å²) in [6, 6.07) is 7.53. The van der Waals surface area contributed by atoms with Crippen LogP contribution in [0.25, 0.3) is 0 Å². The van der Waals surface area contributed by atoms with Gasteiger partial charge in [0.15, 0.2) is 0 Å². The van der Waals surface area contributed by atoms with Crippen LogP contribution in [0.3, 0.4) is 0 Å². The van der Waals surface area contributed by atoms with Crippen LogP contribution >= 0.6 is 23.2 Å². The molecule has 2 rings (SSSR count). The normalized spacial score (nSPS) is 12.5. The molecule has 0 aliphatic rings. The lowest BCUT2D eigenvalue weighted by molar-refractivity contribution is 0.580. The zero-order chi connectivity index (χ0) is 14.2. The lowest BCUT2D eigenvalue weighted by Crippen LogP contribution is -2.00. The molecule has 1 atom stereocenters. The van der Waals surface area contributed by atoms with Gasteiger partial charge in [0.05, 0.1) is 5.38 Å². The molecule has 0 nitrogen and oxygen atoms in total. The van der Waals surface area contributed by atoms with E-state index in [4.69, 9.17) is 23.2 Å². The minimum atomic E-state index is -0.771. The second kappa shape index (κ2) is 5.48. The van der Waals surface area contributed by atoms with E-state index in [-0.39, 0.29) is 11.1 Å². The van der Waals surface area contributed by atoms with Crippen LogP contribution in [0.5, 0.6) is 0 Å². The first kappa shape index (κ1) is 14.3. The molecule has 19 heavy (non-hydrogen) atoms. The van der Waals surface area contributed by atoms with Gasteiger partial charge in [-0.3, -0.25) is 0 Å². The van der Waals surface area contributed by atoms with E-state index in [1.165, 1.54) is 6.92 Å². The highest BCUT2D eigenvalue weighted by Gasteiger charge is 2.18. The van der Waals surface area contributed by atoms with Crippen molar-refractivity contribution in [3.05, 3.63) is 69.2 Å². The Morgan fingerprint density at radius 3 is 2.26 bits per heavy atom. The minimum absolute atomic E-state index is 0.117. The molecule has 0 saturated heterocycles. The maximum Gasteiger partial charge on any atom is 0.128 e. The highest BCUT2D eigenvalue weighted by atomic mass is 35.5. The smallest absolute Gasteiger partial charge is 0.128 e. The number of benzene rings is 2. The molecule has 0 aromatic heterocycles. The molecule has 0 fully saturated rings. The summed E-state index contributed by atoms with van der Waals surface area (Å²) < 4.78 is 27.4. The molecule has 100 valence electrons. The van der Waals surface area contributed by atoms with Crippen molar-refractivity contribution in [2.24, 2.45) is 0 Å². The Balaban J connectivity index is 2.49. The van der Waals surface area contributed by atoms with E-state index in [0.29, 0.717) is 10.6 Å². The van der Waals surface area contributed by atoms with Crippen molar-refractivity contribution in [3.8, 4) is 0 Å². The second-order valence-electron chi connectivity index (χ2n) is 4.55. The first-order valence-corrected chi connectivity index (χ1v) is 6.56. The van der Waals surface area contributed by atoms with Crippen LogP contribution in [-0.2, 0) is 0 Å². The van der Waals surface area contributed by atoms with E-state index in [1.807, 2.05) is 6.92 Å². The average Bonchev–Trinajstić information content (AvgIpc) is 2.31. The first-order chi connectivity index (χ1) is 8.88. The van der Waals surface area contributed by atoms with Gasteiger partial charge in [0.25, 0.3) is 0 Å². The van der Waals surface area contributed by atoms with Crippen LogP contribution < -0.4 is 0 Å². The summed E-state index contributed by atoms with van der Waals surface area (Å²) in [5, 5.41) is -0.249. The fraction of sp³-hybridized carbons (Fsp3) is 0.200. The fourth-order valence-corrected chi connectivity index (χ4v) is 2.54. The molecule has 0 amide bonds. The third kappa shape index (κ3) is 3.07. The Morgan fingerprint density at radius 2 is 1.63 bits per heavy atom. The Kier molecular flexibility index (Phi) is 4.12. The van der Waals surface area contributed by atoms with Gasteiger partial charge in [0, 0.05) is 10.6 Å². The number of rotatable bonds is 2. The van der Waals surface area contributed by atoms with Crippen LogP contribution in [0.1, 0.15) is 27.6 Å². The Labute approximate surface area is 121 Å². The highest BCUT2D eigenvalue weighted by Crippen LogP contribution is 2.33. The largest absolute Gasteiger partial charge is 0.207 e. The SMILES string of the molecule is Cc1cc(Cl)cc(C(Cl)c2cc(F)c(C)cc2F)c1. The number of halogens is 4. The summed E-state index contributed by atoms with van der Waals surface area (Å²) >= 11 is 12.2. The molecular formula is C15H12Cl2F2. The summed E-state index contributed by atoms with van der Waals surface area (Å²) in [5.41, 5.74) is 1.94. The third-order valence-electron chi connectivity index (χ3n) is 2.91. The van der Waals surface area contributed by atoms with Crippen molar-refractivity contribution in [1.82, 2.24) is 0 Å². The maximum absolute atomic E-state index is 13.9. The second-order valence-corrected chi connectivity index (χ2v) is 5.42. The zero-order valence-corrected chi connectivity index (χ0v) is 12.0. The van der Waals surface area contributed by atoms with Crippen LogP contribution in [0, 0.1) is 25.5 Å². The minimum Gasteiger partial charge on any atom is -0.207 e. The molecule has 0 bridgehead atoms. The van der Waals surface area contributed by atoms with Crippen molar-refractivity contribution in [2.75, 3.05) is 0 Å². The van der Waals surface area contributed by atoms with Gasteiger partial charge < -0.3 is 0 Å². The summed E-state index contributed by atoms with van der Waals surface area (Å²) in [7, 11) is 0. The average molecular weight is 301 g/mol. The molecule has 2 aromatic carbocycles. The van der Waals surface area contributed by atoms with Gasteiger partial charge in [0.2, 0.25) is 0 Å². The van der Waals surface area contributed by atoms with E-state index in [9.17, 15) is 8.78 Å². The molecule has 0 N–H and O–H groups in total. The van der Waals surface area contributed by atoms with E-state index in [1.54, 1.807) is 18.2 Å². The topological polar surface area (TPSA) is 0 Å². The summed E-state index contributed by atoms with van der Waals surface area (Å²) in [6.07, 6.45) is 0. The molecule has 2 aromatic rings. The van der Waals surface area contributed by atoms with Gasteiger partial charge in [-0.25, -0.2) is 8.78 Å². The Hall–Kier alpha value is -1.12. The molecule has 0 heterocycles. The summed E-state index contributed by atoms with van der Waals surface area (Å²) in [4.78, 5) is 0. The van der Waals surface area contributed by atoms with Gasteiger partial charge in [-0.05, 0) is 54.8 Å². The van der Waals surface area contributed by atoms with Crippen LogP contribution in [-0.4, -0.2) is 0 Å². The fourth-order valence-electron chi connectivity index (χ4n) is 1.95. The summed E-state index contributed by atoms with van der Waals surface area (Å²) in [5.74, 6) is -0.989. The zero-order valence-electron chi connectivity index (χ0n) is 10.5. The quantitative estimate of drug-likeness (QED) is 0.637. The van der Waals surface area contributed by atoms with E-state index >= 15 is 0 Å². The number of aryl methyl sites for hydroxylation is 2. The van der Waals surface area contributed by atoms with Gasteiger partial charge in [-0.1, -0.05) is 17.7 Å². The van der Waals surface area contributed by atoms with Crippen LogP contribution in [0.4, 0.5) is 8.78 Å². The summed E-state index contributed by atoms with van der Waals surface area (Å²) in [6.45, 7) is 3.38. The maximum atomic E-state index is 13.9. The molecule has 0 aliphatic carbocycles. The number of hydrogen-bond acceptors (Lipinski definition) is 0. The number of alkyl halides is 1. The van der Waals surface area contributed by atoms with Gasteiger partial charge >= 0.3 is 0 Å². The van der Waals surface area contributed by atoms with Crippen molar-refractivity contribution >= 4 is 23.2 Å². The lowest BCUT2D eigenvalue weighted by Gasteiger charge is -2.13. The Morgan fingerprint density at radius 1 is 0.947 bits per heavy atom. The molecule has 0 radical (unpaired) electrons. The molecule has 4 heteroatoms. The first-order valence-electron chi connectivity index (χ1n) is 5.75. The predicted octanol–water partition coefficient (Wildman–Crippen LogP) is 5.56. The monoisotopic (exact) mass is 300 g/mol. The van der Waals surface area contributed by atoms with Crippen molar-refractivity contribution in [1.29, 1.82) is 0 Å². The standard InChI is InChI=1S/C15H12Cl2F2/c1-8-3-10(6-11(16)4-8)15(17)12-7-13(18)9(2)5-14(12)19/h3-7,15H,1-2H3. The Bertz CT molecular complexity index is 604. The third-order valence-corrected chi connectivity index (χ3v) is 3.61. The lowest BCUT2D eigenvalue weighted by atomic mass is 10.0. The van der Waals surface area contributed by atoms with E-state index in [0.717, 1.165) is 17.7 Å². The molecule has 0 spiro atoms. The predicted molar refractivity (Wildman–Crippen MR) is 75.0 cm³/mol. The van der Waals surface area contributed by atoms with Gasteiger partial charge in [-0.2, -0.15) is 0 Å².